The van der Waals surface area contributed by atoms with Crippen LogP contribution in [0.2, 0.25) is 6.04 Å². The maximum Gasteiger partial charge on any atom is 0.364 e. The van der Waals surface area contributed by atoms with Crippen LogP contribution in [0.1, 0.15) is 32.3 Å². The molecule has 1 saturated heterocycles. The molecule has 1 fully saturated rings. The second-order valence-electron chi connectivity index (χ2n) is 6.60. The maximum atomic E-state index is 12.0. The Kier molecular flexibility index (Phi) is 9.79. The van der Waals surface area contributed by atoms with Gasteiger partial charge in [-0.2, -0.15) is 0 Å². The molecule has 1 unspecified atom stereocenters. The van der Waals surface area contributed by atoms with E-state index in [1.54, 1.807) is 45.2 Å². The van der Waals surface area contributed by atoms with Crippen LogP contribution < -0.4 is 4.74 Å². The molecule has 0 radical (unpaired) electrons. The van der Waals surface area contributed by atoms with Crippen LogP contribution in [0, 0.1) is 0 Å². The van der Waals surface area contributed by atoms with Crippen molar-refractivity contribution in [2.75, 3.05) is 33.5 Å². The zero-order valence-corrected chi connectivity index (χ0v) is 18.8. The Labute approximate surface area is 178 Å². The van der Waals surface area contributed by atoms with E-state index in [2.05, 4.69) is 0 Å². The van der Waals surface area contributed by atoms with Crippen LogP contribution in [0.3, 0.4) is 0 Å². The summed E-state index contributed by atoms with van der Waals surface area (Å²) in [6, 6.07) is 8.02. The van der Waals surface area contributed by atoms with Crippen molar-refractivity contribution < 1.29 is 32.7 Å². The topological polar surface area (TPSA) is 80.3 Å². The summed E-state index contributed by atoms with van der Waals surface area (Å²) in [5.41, 5.74) is 2.56. The number of rotatable bonds is 10. The summed E-state index contributed by atoms with van der Waals surface area (Å²) in [5, 5.41) is 0. The molecule has 8 heteroatoms. The molecule has 0 bridgehead atoms. The molecule has 0 spiro atoms. The molecule has 0 aromatic heterocycles. The zero-order chi connectivity index (χ0) is 21.8. The summed E-state index contributed by atoms with van der Waals surface area (Å²) >= 11 is 0. The highest BCUT2D eigenvalue weighted by Gasteiger charge is 2.35. The van der Waals surface area contributed by atoms with E-state index in [0.717, 1.165) is 25.5 Å². The number of benzene rings is 1. The largest absolute Gasteiger partial charge is 0.490 e. The number of hydrogen-bond donors (Lipinski definition) is 0. The van der Waals surface area contributed by atoms with Crippen molar-refractivity contribution >= 4 is 26.6 Å². The molecule has 0 N–H and O–H groups in total. The minimum Gasteiger partial charge on any atom is -0.490 e. The van der Waals surface area contributed by atoms with E-state index in [0.29, 0.717) is 17.9 Å². The molecule has 0 amide bonds. The molecular weight excluding hydrogens is 404 g/mol. The summed E-state index contributed by atoms with van der Waals surface area (Å²) in [4.78, 5) is 24.1. The molecule has 30 heavy (non-hydrogen) atoms. The van der Waals surface area contributed by atoms with Gasteiger partial charge in [0.25, 0.3) is 0 Å². The third-order valence-corrected chi connectivity index (χ3v) is 7.69. The molecule has 164 valence electrons. The van der Waals surface area contributed by atoms with E-state index in [4.69, 9.17) is 23.1 Å². The number of esters is 2. The minimum atomic E-state index is -2.21. The summed E-state index contributed by atoms with van der Waals surface area (Å²) in [6.45, 7) is 4.85. The standard InChI is InChI=1S/C22H30O7Si/c1-4-26-21(23)20(22(24)27-5-2)17-18-9-11-19(12-10-18)28-13-8-16-30(25-3)15-7-6-14-29-30/h8-12,16-17H,4-7,13-15H2,1-3H3. The second-order valence-corrected chi connectivity index (χ2v) is 9.76. The van der Waals surface area contributed by atoms with Gasteiger partial charge in [0.15, 0.2) is 0 Å². The minimum absolute atomic E-state index is 0.141. The predicted octanol–water partition coefficient (Wildman–Crippen LogP) is 3.57. The van der Waals surface area contributed by atoms with Gasteiger partial charge in [0, 0.05) is 13.7 Å². The summed E-state index contributed by atoms with van der Waals surface area (Å²) < 4.78 is 27.2. The van der Waals surface area contributed by atoms with Gasteiger partial charge in [0.2, 0.25) is 0 Å². The van der Waals surface area contributed by atoms with Gasteiger partial charge in [-0.25, -0.2) is 9.59 Å². The molecule has 0 saturated carbocycles. The second kappa shape index (κ2) is 12.3. The van der Waals surface area contributed by atoms with Gasteiger partial charge in [-0.15, -0.1) is 0 Å². The van der Waals surface area contributed by atoms with Crippen LogP contribution in [0.5, 0.6) is 5.75 Å². The fraction of sp³-hybridized carbons (Fsp3) is 0.455. The summed E-state index contributed by atoms with van der Waals surface area (Å²) in [6.07, 6.45) is 5.60. The molecule has 1 heterocycles. The number of carbonyl (C=O) groups excluding carboxylic acids is 2. The molecule has 7 nitrogen and oxygen atoms in total. The fourth-order valence-electron chi connectivity index (χ4n) is 2.97. The Balaban J connectivity index is 1.99. The van der Waals surface area contributed by atoms with E-state index in [1.807, 2.05) is 11.8 Å². The predicted molar refractivity (Wildman–Crippen MR) is 115 cm³/mol. The van der Waals surface area contributed by atoms with Crippen molar-refractivity contribution in [3.63, 3.8) is 0 Å². The monoisotopic (exact) mass is 434 g/mol. The first-order valence-electron chi connectivity index (χ1n) is 10.2. The van der Waals surface area contributed by atoms with Crippen LogP contribution in [-0.2, 0) is 27.9 Å². The van der Waals surface area contributed by atoms with Gasteiger partial charge in [-0.05, 0) is 62.2 Å². The lowest BCUT2D eigenvalue weighted by Crippen LogP contribution is -2.42. The first-order valence-corrected chi connectivity index (χ1v) is 12.3. The normalized spacial score (nSPS) is 18.6. The van der Waals surface area contributed by atoms with Crippen molar-refractivity contribution in [3.8, 4) is 5.75 Å². The maximum absolute atomic E-state index is 12.0. The third-order valence-electron chi connectivity index (χ3n) is 4.51. The third kappa shape index (κ3) is 7.12. The van der Waals surface area contributed by atoms with Crippen LogP contribution >= 0.6 is 0 Å². The molecule has 1 atom stereocenters. The lowest BCUT2D eigenvalue weighted by molar-refractivity contribution is -0.146. The zero-order valence-electron chi connectivity index (χ0n) is 17.8. The first-order chi connectivity index (χ1) is 14.5. The number of carbonyl (C=O) groups is 2. The lowest BCUT2D eigenvalue weighted by Gasteiger charge is -2.29. The highest BCUT2D eigenvalue weighted by Crippen LogP contribution is 2.23. The van der Waals surface area contributed by atoms with Crippen molar-refractivity contribution in [3.05, 3.63) is 47.2 Å². The van der Waals surface area contributed by atoms with Crippen LogP contribution in [0.4, 0.5) is 0 Å². The highest BCUT2D eigenvalue weighted by atomic mass is 28.4. The van der Waals surface area contributed by atoms with E-state index < -0.39 is 20.5 Å². The van der Waals surface area contributed by atoms with Gasteiger partial charge in [-0.1, -0.05) is 18.2 Å². The van der Waals surface area contributed by atoms with Crippen molar-refractivity contribution in [1.82, 2.24) is 0 Å². The Hall–Kier alpha value is -2.42. The van der Waals surface area contributed by atoms with Crippen LogP contribution in [0.15, 0.2) is 41.6 Å². The van der Waals surface area contributed by atoms with Gasteiger partial charge >= 0.3 is 20.5 Å². The first kappa shape index (κ1) is 23.9. The quantitative estimate of drug-likeness (QED) is 0.183. The van der Waals surface area contributed by atoms with E-state index in [-0.39, 0.29) is 18.8 Å². The SMILES string of the molecule is CCOC(=O)C(=Cc1ccc(OCC=C[Si]2(OC)CCCCO2)cc1)C(=O)OCC. The average molecular weight is 435 g/mol. The van der Waals surface area contributed by atoms with Crippen LogP contribution in [0.25, 0.3) is 6.08 Å². The van der Waals surface area contributed by atoms with Crippen molar-refractivity contribution in [2.24, 2.45) is 0 Å². The molecule has 1 aliphatic rings. The average Bonchev–Trinajstić information content (AvgIpc) is 2.77. The fourth-order valence-corrected chi connectivity index (χ4v) is 5.52. The van der Waals surface area contributed by atoms with E-state index in [1.165, 1.54) is 6.08 Å². The van der Waals surface area contributed by atoms with Crippen LogP contribution in [-0.4, -0.2) is 54.0 Å². The number of ether oxygens (including phenoxy) is 3. The Bertz CT molecular complexity index is 729. The Morgan fingerprint density at radius 3 is 2.27 bits per heavy atom. The number of hydrogen-bond acceptors (Lipinski definition) is 7. The van der Waals surface area contributed by atoms with Gasteiger partial charge in [-0.3, -0.25) is 0 Å². The molecular formula is C22H30O7Si. The lowest BCUT2D eigenvalue weighted by atomic mass is 10.1. The van der Waals surface area contributed by atoms with E-state index in [9.17, 15) is 9.59 Å². The molecule has 0 aliphatic carbocycles. The summed E-state index contributed by atoms with van der Waals surface area (Å²) in [7, 11) is -0.509. The Morgan fingerprint density at radius 2 is 1.73 bits per heavy atom. The Morgan fingerprint density at radius 1 is 1.07 bits per heavy atom. The van der Waals surface area contributed by atoms with Gasteiger partial charge < -0.3 is 23.1 Å². The van der Waals surface area contributed by atoms with Gasteiger partial charge in [0.05, 0.1) is 13.2 Å². The highest BCUT2D eigenvalue weighted by molar-refractivity contribution is 6.72. The van der Waals surface area contributed by atoms with Crippen molar-refractivity contribution in [2.45, 2.75) is 32.7 Å². The molecule has 2 rings (SSSR count). The molecule has 1 aromatic carbocycles. The van der Waals surface area contributed by atoms with Gasteiger partial charge in [0.1, 0.15) is 17.9 Å². The smallest absolute Gasteiger partial charge is 0.364 e. The van der Waals surface area contributed by atoms with E-state index >= 15 is 0 Å². The molecule has 1 aliphatic heterocycles. The van der Waals surface area contributed by atoms with Crippen molar-refractivity contribution in [1.29, 1.82) is 0 Å². The summed E-state index contributed by atoms with van der Waals surface area (Å²) in [5.74, 6) is -0.742. The molecule has 1 aromatic rings.